The fraction of sp³-hybridized carbons (Fsp3) is 0.286. The van der Waals surface area contributed by atoms with Crippen LogP contribution in [-0.4, -0.2) is 25.8 Å². The summed E-state index contributed by atoms with van der Waals surface area (Å²) in [5.41, 5.74) is 1.91. The molecular weight excluding hydrogens is 316 g/mol. The van der Waals surface area contributed by atoms with E-state index in [-0.39, 0.29) is 0 Å². The van der Waals surface area contributed by atoms with Gasteiger partial charge in [0.1, 0.15) is 17.1 Å². The van der Waals surface area contributed by atoms with E-state index in [1.54, 1.807) is 14.2 Å². The maximum atomic E-state index is 12.4. The van der Waals surface area contributed by atoms with Crippen LogP contribution in [0, 0.1) is 0 Å². The van der Waals surface area contributed by atoms with Gasteiger partial charge in [-0.05, 0) is 61.7 Å². The largest absolute Gasteiger partial charge is 0.497 e. The van der Waals surface area contributed by atoms with Gasteiger partial charge in [-0.3, -0.25) is 0 Å². The number of benzene rings is 2. The van der Waals surface area contributed by atoms with Crippen molar-refractivity contribution in [1.82, 2.24) is 0 Å². The van der Waals surface area contributed by atoms with Crippen molar-refractivity contribution in [3.63, 3.8) is 0 Å². The molecule has 2 aromatic carbocycles. The number of esters is 1. The highest BCUT2D eigenvalue weighted by Crippen LogP contribution is 2.29. The molecule has 0 aliphatic heterocycles. The van der Waals surface area contributed by atoms with Gasteiger partial charge >= 0.3 is 5.97 Å². The van der Waals surface area contributed by atoms with Gasteiger partial charge in [0.2, 0.25) is 0 Å². The number of rotatable bonds is 5. The second-order valence-electron chi connectivity index (χ2n) is 6.56. The lowest BCUT2D eigenvalue weighted by Gasteiger charge is -2.19. The Bertz CT molecular complexity index is 720. The Morgan fingerprint density at radius 1 is 0.880 bits per heavy atom. The Kier molecular flexibility index (Phi) is 5.86. The first-order valence-corrected chi connectivity index (χ1v) is 8.06. The van der Waals surface area contributed by atoms with Gasteiger partial charge in [0.25, 0.3) is 0 Å². The van der Waals surface area contributed by atoms with Crippen LogP contribution in [0.1, 0.15) is 31.9 Å². The molecule has 0 N–H and O–H groups in total. The summed E-state index contributed by atoms with van der Waals surface area (Å²) in [6.45, 7) is 5.53. The van der Waals surface area contributed by atoms with Gasteiger partial charge in [-0.2, -0.15) is 0 Å². The Labute approximate surface area is 149 Å². The lowest BCUT2D eigenvalue weighted by Crippen LogP contribution is -2.22. The van der Waals surface area contributed by atoms with Crippen molar-refractivity contribution in [3.8, 4) is 11.5 Å². The molecule has 4 heteroatoms. The molecule has 0 saturated carbocycles. The Morgan fingerprint density at radius 2 is 1.36 bits per heavy atom. The third kappa shape index (κ3) is 5.38. The molecule has 0 aromatic heterocycles. The Balaban J connectivity index is 2.52. The van der Waals surface area contributed by atoms with Crippen molar-refractivity contribution >= 4 is 11.5 Å². The minimum absolute atomic E-state index is 0.395. The van der Waals surface area contributed by atoms with Crippen LogP contribution < -0.4 is 9.47 Å². The van der Waals surface area contributed by atoms with E-state index in [2.05, 4.69) is 0 Å². The molecule has 0 heterocycles. The van der Waals surface area contributed by atoms with Crippen LogP contribution in [0.5, 0.6) is 11.5 Å². The summed E-state index contributed by atoms with van der Waals surface area (Å²) in [6.07, 6.45) is 1.51. The highest BCUT2D eigenvalue weighted by Gasteiger charge is 2.17. The second-order valence-corrected chi connectivity index (χ2v) is 6.56. The first kappa shape index (κ1) is 18.6. The van der Waals surface area contributed by atoms with Crippen LogP contribution >= 0.6 is 0 Å². The van der Waals surface area contributed by atoms with Crippen molar-refractivity contribution in [2.24, 2.45) is 0 Å². The molecule has 132 valence electrons. The quantitative estimate of drug-likeness (QED) is 0.595. The predicted octanol–water partition coefficient (Wildman–Crippen LogP) is 4.48. The summed E-state index contributed by atoms with van der Waals surface area (Å²) in [5.74, 6) is 1.04. The maximum absolute atomic E-state index is 12.4. The smallest absolute Gasteiger partial charge is 0.331 e. The van der Waals surface area contributed by atoms with Crippen molar-refractivity contribution in [3.05, 3.63) is 65.7 Å². The minimum Gasteiger partial charge on any atom is -0.497 e. The number of carbonyl (C=O) groups is 1. The van der Waals surface area contributed by atoms with Crippen molar-refractivity contribution < 1.29 is 19.0 Å². The fourth-order valence-corrected chi connectivity index (χ4v) is 2.36. The van der Waals surface area contributed by atoms with E-state index < -0.39 is 11.6 Å². The summed E-state index contributed by atoms with van der Waals surface area (Å²) in [4.78, 5) is 12.4. The molecule has 0 atom stereocenters. The van der Waals surface area contributed by atoms with E-state index in [0.29, 0.717) is 0 Å². The van der Waals surface area contributed by atoms with Crippen LogP contribution in [0.15, 0.2) is 54.6 Å². The number of hydrogen-bond acceptors (Lipinski definition) is 4. The lowest BCUT2D eigenvalue weighted by molar-refractivity contribution is -0.148. The number of hydrogen-bond donors (Lipinski definition) is 0. The van der Waals surface area contributed by atoms with Gasteiger partial charge in [-0.25, -0.2) is 4.79 Å². The molecule has 0 unspecified atom stereocenters. The van der Waals surface area contributed by atoms with E-state index in [0.717, 1.165) is 28.2 Å². The Hall–Kier alpha value is -2.75. The molecule has 0 bridgehead atoms. The highest BCUT2D eigenvalue weighted by molar-refractivity contribution is 5.96. The predicted molar refractivity (Wildman–Crippen MR) is 98.9 cm³/mol. The van der Waals surface area contributed by atoms with E-state index in [1.807, 2.05) is 69.3 Å². The summed E-state index contributed by atoms with van der Waals surface area (Å²) in [7, 11) is 3.23. The third-order valence-corrected chi connectivity index (χ3v) is 3.43. The molecule has 0 saturated heterocycles. The topological polar surface area (TPSA) is 44.8 Å². The first-order chi connectivity index (χ1) is 11.8. The molecule has 2 rings (SSSR count). The highest BCUT2D eigenvalue weighted by atomic mass is 16.6. The monoisotopic (exact) mass is 340 g/mol. The molecule has 0 radical (unpaired) electrons. The molecular formula is C21H24O4. The molecule has 0 aliphatic rings. The van der Waals surface area contributed by atoms with E-state index in [1.165, 1.54) is 6.08 Å². The van der Waals surface area contributed by atoms with Gasteiger partial charge in [-0.1, -0.05) is 24.3 Å². The van der Waals surface area contributed by atoms with Crippen LogP contribution in [0.2, 0.25) is 0 Å². The maximum Gasteiger partial charge on any atom is 0.331 e. The second kappa shape index (κ2) is 7.88. The molecule has 0 spiro atoms. The number of methoxy groups -OCH3 is 2. The van der Waals surface area contributed by atoms with Crippen molar-refractivity contribution in [2.45, 2.75) is 26.4 Å². The van der Waals surface area contributed by atoms with Gasteiger partial charge in [0.05, 0.1) is 14.2 Å². The van der Waals surface area contributed by atoms with Crippen LogP contribution in [0.4, 0.5) is 0 Å². The van der Waals surface area contributed by atoms with E-state index in [9.17, 15) is 4.79 Å². The van der Waals surface area contributed by atoms with E-state index in [4.69, 9.17) is 14.2 Å². The standard InChI is InChI=1S/C21H24O4/c1-21(2,3)25-20(22)14-19(15-8-6-10-17(12-15)23-4)16-9-7-11-18(13-16)24-5/h6-14H,1-5H3. The summed E-state index contributed by atoms with van der Waals surface area (Å²) >= 11 is 0. The average Bonchev–Trinajstić information content (AvgIpc) is 2.58. The van der Waals surface area contributed by atoms with Crippen LogP contribution in [0.25, 0.3) is 5.57 Å². The number of carbonyl (C=O) groups excluding carboxylic acids is 1. The first-order valence-electron chi connectivity index (χ1n) is 8.06. The average molecular weight is 340 g/mol. The SMILES string of the molecule is COc1cccc(C(=CC(=O)OC(C)(C)C)c2cccc(OC)c2)c1. The molecule has 25 heavy (non-hydrogen) atoms. The zero-order valence-corrected chi connectivity index (χ0v) is 15.3. The zero-order chi connectivity index (χ0) is 18.4. The van der Waals surface area contributed by atoms with Gasteiger partial charge in [0, 0.05) is 6.08 Å². The van der Waals surface area contributed by atoms with E-state index >= 15 is 0 Å². The minimum atomic E-state index is -0.554. The van der Waals surface area contributed by atoms with Crippen molar-refractivity contribution in [1.29, 1.82) is 0 Å². The zero-order valence-electron chi connectivity index (χ0n) is 15.3. The summed E-state index contributed by atoms with van der Waals surface area (Å²) in [5, 5.41) is 0. The Morgan fingerprint density at radius 3 is 1.76 bits per heavy atom. The normalized spacial score (nSPS) is 10.8. The van der Waals surface area contributed by atoms with Crippen molar-refractivity contribution in [2.75, 3.05) is 14.2 Å². The molecule has 4 nitrogen and oxygen atoms in total. The molecule has 0 fully saturated rings. The van der Waals surface area contributed by atoms with Gasteiger partial charge < -0.3 is 14.2 Å². The van der Waals surface area contributed by atoms with Gasteiger partial charge in [-0.15, -0.1) is 0 Å². The van der Waals surface area contributed by atoms with Gasteiger partial charge in [0.15, 0.2) is 0 Å². The molecule has 0 aliphatic carbocycles. The molecule has 2 aromatic rings. The number of ether oxygens (including phenoxy) is 3. The third-order valence-electron chi connectivity index (χ3n) is 3.43. The molecule has 0 amide bonds. The van der Waals surface area contributed by atoms with Crippen LogP contribution in [-0.2, 0) is 9.53 Å². The fourth-order valence-electron chi connectivity index (χ4n) is 2.36. The summed E-state index contributed by atoms with van der Waals surface area (Å²) in [6, 6.07) is 15.1. The lowest BCUT2D eigenvalue weighted by atomic mass is 9.97. The summed E-state index contributed by atoms with van der Waals surface area (Å²) < 4.78 is 16.1. The van der Waals surface area contributed by atoms with Crippen LogP contribution in [0.3, 0.4) is 0 Å².